The molecule has 0 aliphatic carbocycles. The van der Waals surface area contributed by atoms with Gasteiger partial charge >= 0.3 is 0 Å². The molecule has 1 amide bonds. The van der Waals surface area contributed by atoms with Crippen molar-refractivity contribution in [2.24, 2.45) is 0 Å². The smallest absolute Gasteiger partial charge is 0.259 e. The molecule has 110 valence electrons. The third kappa shape index (κ3) is 4.03. The highest BCUT2D eigenvalue weighted by atomic mass is 35.5. The van der Waals surface area contributed by atoms with Gasteiger partial charge in [-0.2, -0.15) is 0 Å². The molecule has 2 rings (SSSR count). The van der Waals surface area contributed by atoms with Crippen molar-refractivity contribution in [2.45, 2.75) is 20.0 Å². The van der Waals surface area contributed by atoms with Crippen molar-refractivity contribution in [1.82, 2.24) is 15.2 Å². The summed E-state index contributed by atoms with van der Waals surface area (Å²) in [6.45, 7) is 3.73. The number of amides is 1. The summed E-state index contributed by atoms with van der Waals surface area (Å²) in [6.07, 6.45) is 1.50. The van der Waals surface area contributed by atoms with E-state index < -0.39 is 5.91 Å². The summed E-state index contributed by atoms with van der Waals surface area (Å²) in [5, 5.41) is 9.85. The molecule has 0 radical (unpaired) electrons. The molecule has 1 N–H and O–H groups in total. The van der Waals surface area contributed by atoms with E-state index in [0.717, 1.165) is 0 Å². The number of carbonyl (C=O) groups excluding carboxylic acids is 1. The van der Waals surface area contributed by atoms with Gasteiger partial charge in [0.25, 0.3) is 5.91 Å². The molecule has 21 heavy (non-hydrogen) atoms. The van der Waals surface area contributed by atoms with Gasteiger partial charge in [0.15, 0.2) is 10.3 Å². The number of ether oxygens (including phenoxy) is 1. The lowest BCUT2D eigenvalue weighted by molar-refractivity contribution is 0.102. The minimum atomic E-state index is -0.474. The van der Waals surface area contributed by atoms with Crippen LogP contribution in [0.15, 0.2) is 24.4 Å². The molecule has 0 atom stereocenters. The summed E-state index contributed by atoms with van der Waals surface area (Å²) in [5.41, 5.74) is 0.552. The molecule has 6 nitrogen and oxygen atoms in total. The maximum Gasteiger partial charge on any atom is 0.259 e. The normalized spacial score (nSPS) is 10.5. The van der Waals surface area contributed by atoms with Gasteiger partial charge in [-0.3, -0.25) is 4.79 Å². The number of pyridine rings is 1. The molecule has 0 bridgehead atoms. The van der Waals surface area contributed by atoms with E-state index >= 15 is 0 Å². The monoisotopic (exact) mass is 326 g/mol. The van der Waals surface area contributed by atoms with Crippen LogP contribution in [0.5, 0.6) is 5.88 Å². The quantitative estimate of drug-likeness (QED) is 0.933. The zero-order chi connectivity index (χ0) is 15.4. The van der Waals surface area contributed by atoms with E-state index in [1.54, 1.807) is 18.3 Å². The third-order valence-corrected chi connectivity index (χ3v) is 2.79. The zero-order valence-electron chi connectivity index (χ0n) is 11.3. The average Bonchev–Trinajstić information content (AvgIpc) is 2.43. The second-order valence-corrected chi connectivity index (χ2v) is 5.09. The highest BCUT2D eigenvalue weighted by Crippen LogP contribution is 2.24. The van der Waals surface area contributed by atoms with Crippen LogP contribution in [0.2, 0.25) is 10.3 Å². The summed E-state index contributed by atoms with van der Waals surface area (Å²) in [5.74, 6) is -0.150. The van der Waals surface area contributed by atoms with Crippen molar-refractivity contribution in [3.05, 3.63) is 40.3 Å². The molecule has 8 heteroatoms. The Morgan fingerprint density at radius 1 is 1.33 bits per heavy atom. The zero-order valence-corrected chi connectivity index (χ0v) is 12.8. The number of anilines is 1. The highest BCUT2D eigenvalue weighted by molar-refractivity contribution is 6.34. The number of rotatable bonds is 4. The summed E-state index contributed by atoms with van der Waals surface area (Å²) in [6, 6.07) is 4.69. The first-order chi connectivity index (χ1) is 9.97. The van der Waals surface area contributed by atoms with E-state index in [2.05, 4.69) is 20.5 Å². The summed E-state index contributed by atoms with van der Waals surface area (Å²) in [7, 11) is 0. The lowest BCUT2D eigenvalue weighted by atomic mass is 10.3. The third-order valence-electron chi connectivity index (χ3n) is 2.33. The maximum absolute atomic E-state index is 12.2. The average molecular weight is 327 g/mol. The summed E-state index contributed by atoms with van der Waals surface area (Å²) >= 11 is 11.6. The first kappa shape index (κ1) is 15.5. The summed E-state index contributed by atoms with van der Waals surface area (Å²) < 4.78 is 5.52. The number of nitrogens with zero attached hydrogens (tertiary/aromatic N) is 3. The number of aromatic nitrogens is 3. The molecule has 2 heterocycles. The predicted octanol–water partition coefficient (Wildman–Crippen LogP) is 3.22. The first-order valence-electron chi connectivity index (χ1n) is 6.09. The Balaban J connectivity index is 2.25. The van der Waals surface area contributed by atoms with E-state index in [1.165, 1.54) is 6.07 Å². The van der Waals surface area contributed by atoms with Gasteiger partial charge in [-0.1, -0.05) is 23.2 Å². The number of carbonyl (C=O) groups is 1. The number of halogens is 2. The van der Waals surface area contributed by atoms with Gasteiger partial charge in [-0.05, 0) is 32.0 Å². The fourth-order valence-electron chi connectivity index (χ4n) is 1.51. The Morgan fingerprint density at radius 2 is 2.10 bits per heavy atom. The van der Waals surface area contributed by atoms with E-state index in [4.69, 9.17) is 27.9 Å². The lowest BCUT2D eigenvalue weighted by Gasteiger charge is -2.13. The van der Waals surface area contributed by atoms with Crippen molar-refractivity contribution >= 4 is 34.8 Å². The van der Waals surface area contributed by atoms with Crippen molar-refractivity contribution in [2.75, 3.05) is 5.32 Å². The molecule has 0 saturated carbocycles. The van der Waals surface area contributed by atoms with Crippen LogP contribution in [0.3, 0.4) is 0 Å². The molecule has 0 unspecified atom stereocenters. The molecule has 0 fully saturated rings. The van der Waals surface area contributed by atoms with Crippen molar-refractivity contribution in [3.63, 3.8) is 0 Å². The second-order valence-electron chi connectivity index (χ2n) is 4.35. The van der Waals surface area contributed by atoms with Gasteiger partial charge in [0.2, 0.25) is 5.88 Å². The molecule has 0 aliphatic heterocycles. The van der Waals surface area contributed by atoms with E-state index in [-0.39, 0.29) is 22.0 Å². The van der Waals surface area contributed by atoms with Gasteiger partial charge in [-0.25, -0.2) is 4.98 Å². The molecular formula is C13H12Cl2N4O2. The summed E-state index contributed by atoms with van der Waals surface area (Å²) in [4.78, 5) is 16.3. The van der Waals surface area contributed by atoms with Crippen LogP contribution in [0.1, 0.15) is 24.2 Å². The molecule has 2 aromatic rings. The molecule has 0 spiro atoms. The Bertz CT molecular complexity index is 664. The molecule has 0 aliphatic rings. The van der Waals surface area contributed by atoms with Crippen LogP contribution in [-0.4, -0.2) is 27.2 Å². The lowest BCUT2D eigenvalue weighted by Crippen LogP contribution is -2.16. The molecule has 2 aromatic heterocycles. The van der Waals surface area contributed by atoms with E-state index in [9.17, 15) is 4.79 Å². The fourth-order valence-corrected chi connectivity index (χ4v) is 1.83. The van der Waals surface area contributed by atoms with Crippen LogP contribution in [0.4, 0.5) is 5.69 Å². The largest absolute Gasteiger partial charge is 0.473 e. The van der Waals surface area contributed by atoms with Crippen molar-refractivity contribution in [1.29, 1.82) is 0 Å². The van der Waals surface area contributed by atoms with E-state index in [1.807, 2.05) is 13.8 Å². The van der Waals surface area contributed by atoms with Crippen LogP contribution in [0.25, 0.3) is 0 Å². The fraction of sp³-hybridized carbons (Fsp3) is 0.231. The van der Waals surface area contributed by atoms with E-state index in [0.29, 0.717) is 11.6 Å². The second kappa shape index (κ2) is 6.69. The highest BCUT2D eigenvalue weighted by Gasteiger charge is 2.16. The van der Waals surface area contributed by atoms with Crippen LogP contribution in [-0.2, 0) is 0 Å². The van der Waals surface area contributed by atoms with Gasteiger partial charge in [0, 0.05) is 6.20 Å². The molecule has 0 saturated heterocycles. The topological polar surface area (TPSA) is 77.0 Å². The van der Waals surface area contributed by atoms with Crippen molar-refractivity contribution < 1.29 is 9.53 Å². The van der Waals surface area contributed by atoms with Crippen LogP contribution in [0, 0.1) is 0 Å². The Morgan fingerprint density at radius 3 is 2.81 bits per heavy atom. The number of hydrogen-bond donors (Lipinski definition) is 1. The number of nitrogens with one attached hydrogen (secondary N) is 1. The van der Waals surface area contributed by atoms with Gasteiger partial charge in [0.1, 0.15) is 5.69 Å². The Kier molecular flexibility index (Phi) is 4.93. The molecular weight excluding hydrogens is 315 g/mol. The first-order valence-corrected chi connectivity index (χ1v) is 6.84. The Labute approximate surface area is 131 Å². The minimum absolute atomic E-state index is 0.0351. The minimum Gasteiger partial charge on any atom is -0.473 e. The van der Waals surface area contributed by atoms with Crippen LogP contribution >= 0.6 is 23.2 Å². The van der Waals surface area contributed by atoms with Crippen LogP contribution < -0.4 is 10.1 Å². The Hall–Kier alpha value is -1.92. The van der Waals surface area contributed by atoms with Gasteiger partial charge < -0.3 is 10.1 Å². The number of hydrogen-bond acceptors (Lipinski definition) is 5. The molecule has 0 aromatic carbocycles. The van der Waals surface area contributed by atoms with Crippen molar-refractivity contribution in [3.8, 4) is 5.88 Å². The van der Waals surface area contributed by atoms with Gasteiger partial charge in [-0.15, -0.1) is 10.2 Å². The standard InChI is InChI=1S/C13H12Cl2N4O2/c1-7(2)21-13-9(4-3-5-16-13)17-12(20)8-6-10(14)18-19-11(8)15/h3-7H,1-2H3,(H,17,20). The maximum atomic E-state index is 12.2. The predicted molar refractivity (Wildman–Crippen MR) is 80.0 cm³/mol. The SMILES string of the molecule is CC(C)Oc1ncccc1NC(=O)c1cc(Cl)nnc1Cl. The van der Waals surface area contributed by atoms with Gasteiger partial charge in [0.05, 0.1) is 11.7 Å².